The molecular weight excluding hydrogens is 268 g/mol. The van der Waals surface area contributed by atoms with Gasteiger partial charge in [-0.1, -0.05) is 38.5 Å². The monoisotopic (exact) mass is 304 g/mol. The molecule has 2 spiro atoms. The van der Waals surface area contributed by atoms with Crippen LogP contribution >= 0.6 is 0 Å². The van der Waals surface area contributed by atoms with Crippen LogP contribution in [0.3, 0.4) is 0 Å². The molecule has 4 rings (SSSR count). The fourth-order valence-electron chi connectivity index (χ4n) is 6.57. The van der Waals surface area contributed by atoms with Crippen LogP contribution in [-0.2, 0) is 0 Å². The predicted molar refractivity (Wildman–Crippen MR) is 93.0 cm³/mol. The molecule has 126 valence electrons. The van der Waals surface area contributed by atoms with Crippen molar-refractivity contribution in [2.45, 2.75) is 89.0 Å². The molecule has 2 heterocycles. The van der Waals surface area contributed by atoms with E-state index in [0.29, 0.717) is 11.0 Å². The standard InChI is InChI=1S/C20H36N2/c1-3-9-19(10-4-1)16-21-14-8-18(19)17-7-13-20(22-15-17)11-5-2-6-12-20/h17-18,21-22H,1-16H2. The Labute approximate surface area is 137 Å². The van der Waals surface area contributed by atoms with Gasteiger partial charge in [-0.25, -0.2) is 0 Å². The molecule has 2 unspecified atom stereocenters. The van der Waals surface area contributed by atoms with Gasteiger partial charge in [-0.15, -0.1) is 0 Å². The lowest BCUT2D eigenvalue weighted by atomic mass is 9.57. The zero-order chi connectivity index (χ0) is 14.9. The van der Waals surface area contributed by atoms with Gasteiger partial charge in [-0.3, -0.25) is 0 Å². The van der Waals surface area contributed by atoms with Gasteiger partial charge in [0.15, 0.2) is 0 Å². The summed E-state index contributed by atoms with van der Waals surface area (Å²) in [4.78, 5) is 0. The quantitative estimate of drug-likeness (QED) is 0.757. The third kappa shape index (κ3) is 2.86. The molecular formula is C20H36N2. The third-order valence-corrected chi connectivity index (χ3v) is 7.86. The van der Waals surface area contributed by atoms with E-state index in [2.05, 4.69) is 10.6 Å². The number of hydrogen-bond donors (Lipinski definition) is 2. The molecule has 2 N–H and O–H groups in total. The minimum atomic E-state index is 0.557. The van der Waals surface area contributed by atoms with Crippen molar-refractivity contribution in [2.24, 2.45) is 17.3 Å². The number of hydrogen-bond acceptors (Lipinski definition) is 2. The predicted octanol–water partition coefficient (Wildman–Crippen LogP) is 4.25. The Balaban J connectivity index is 1.42. The summed E-state index contributed by atoms with van der Waals surface area (Å²) in [6.45, 7) is 3.92. The van der Waals surface area contributed by atoms with Crippen LogP contribution in [0, 0.1) is 17.3 Å². The van der Waals surface area contributed by atoms with Gasteiger partial charge >= 0.3 is 0 Å². The normalized spacial score (nSPS) is 38.2. The second-order valence-corrected chi connectivity index (χ2v) is 9.02. The van der Waals surface area contributed by atoms with Gasteiger partial charge in [0.1, 0.15) is 0 Å². The van der Waals surface area contributed by atoms with Crippen molar-refractivity contribution in [3.8, 4) is 0 Å². The Morgan fingerprint density at radius 2 is 1.45 bits per heavy atom. The van der Waals surface area contributed by atoms with Crippen LogP contribution in [0.5, 0.6) is 0 Å². The fourth-order valence-corrected chi connectivity index (χ4v) is 6.57. The lowest BCUT2D eigenvalue weighted by Crippen LogP contribution is -2.57. The molecule has 2 saturated heterocycles. The minimum absolute atomic E-state index is 0.557. The molecule has 0 radical (unpaired) electrons. The summed E-state index contributed by atoms with van der Waals surface area (Å²) in [5, 5.41) is 7.83. The third-order valence-electron chi connectivity index (χ3n) is 7.86. The molecule has 0 aromatic carbocycles. The highest BCUT2D eigenvalue weighted by Gasteiger charge is 2.47. The highest BCUT2D eigenvalue weighted by Crippen LogP contribution is 2.50. The first kappa shape index (κ1) is 15.4. The Morgan fingerprint density at radius 1 is 0.727 bits per heavy atom. The maximum Gasteiger partial charge on any atom is 0.0181 e. The van der Waals surface area contributed by atoms with Crippen molar-refractivity contribution in [3.05, 3.63) is 0 Å². The molecule has 22 heavy (non-hydrogen) atoms. The summed E-state index contributed by atoms with van der Waals surface area (Å²) in [7, 11) is 0. The first-order valence-electron chi connectivity index (χ1n) is 10.3. The Hall–Kier alpha value is -0.0800. The van der Waals surface area contributed by atoms with Gasteiger partial charge in [0.05, 0.1) is 0 Å². The first-order chi connectivity index (χ1) is 10.8. The number of piperidine rings is 2. The molecule has 2 nitrogen and oxygen atoms in total. The summed E-state index contributed by atoms with van der Waals surface area (Å²) < 4.78 is 0. The summed E-state index contributed by atoms with van der Waals surface area (Å²) in [6, 6.07) is 0. The van der Waals surface area contributed by atoms with E-state index in [4.69, 9.17) is 0 Å². The van der Waals surface area contributed by atoms with E-state index in [0.717, 1.165) is 11.8 Å². The van der Waals surface area contributed by atoms with E-state index in [1.54, 1.807) is 0 Å². The first-order valence-corrected chi connectivity index (χ1v) is 10.3. The summed E-state index contributed by atoms with van der Waals surface area (Å²) in [6.07, 6.45) is 19.2. The largest absolute Gasteiger partial charge is 0.316 e. The van der Waals surface area contributed by atoms with Crippen molar-refractivity contribution < 1.29 is 0 Å². The van der Waals surface area contributed by atoms with Crippen LogP contribution < -0.4 is 10.6 Å². The highest BCUT2D eigenvalue weighted by molar-refractivity contribution is 5.01. The Kier molecular flexibility index (Phi) is 4.52. The highest BCUT2D eigenvalue weighted by atomic mass is 15.0. The maximum absolute atomic E-state index is 4.08. The van der Waals surface area contributed by atoms with E-state index < -0.39 is 0 Å². The van der Waals surface area contributed by atoms with Crippen molar-refractivity contribution in [2.75, 3.05) is 19.6 Å². The van der Waals surface area contributed by atoms with E-state index in [1.165, 1.54) is 103 Å². The maximum atomic E-state index is 4.08. The van der Waals surface area contributed by atoms with Gasteiger partial charge in [0.25, 0.3) is 0 Å². The molecule has 2 saturated carbocycles. The Morgan fingerprint density at radius 3 is 2.14 bits per heavy atom. The van der Waals surface area contributed by atoms with Crippen molar-refractivity contribution >= 4 is 0 Å². The van der Waals surface area contributed by atoms with E-state index in [1.807, 2.05) is 0 Å². The second kappa shape index (κ2) is 6.43. The molecule has 2 aliphatic carbocycles. The van der Waals surface area contributed by atoms with Crippen LogP contribution in [0.2, 0.25) is 0 Å². The van der Waals surface area contributed by atoms with Crippen LogP contribution in [0.1, 0.15) is 83.5 Å². The van der Waals surface area contributed by atoms with E-state index >= 15 is 0 Å². The summed E-state index contributed by atoms with van der Waals surface area (Å²) >= 11 is 0. The lowest BCUT2D eigenvalue weighted by Gasteiger charge is -2.53. The molecule has 2 atom stereocenters. The SMILES string of the molecule is C1CCC2(CC1)CCC(C1CCNCC13CCCCC3)CN2. The van der Waals surface area contributed by atoms with Crippen molar-refractivity contribution in [1.29, 1.82) is 0 Å². The van der Waals surface area contributed by atoms with Crippen LogP contribution in [-0.4, -0.2) is 25.2 Å². The van der Waals surface area contributed by atoms with E-state index in [-0.39, 0.29) is 0 Å². The van der Waals surface area contributed by atoms with Crippen molar-refractivity contribution in [1.82, 2.24) is 10.6 Å². The molecule has 0 bridgehead atoms. The van der Waals surface area contributed by atoms with Crippen LogP contribution in [0.4, 0.5) is 0 Å². The summed E-state index contributed by atoms with van der Waals surface area (Å²) in [5.74, 6) is 1.97. The molecule has 0 aromatic rings. The zero-order valence-corrected chi connectivity index (χ0v) is 14.5. The molecule has 0 aromatic heterocycles. The smallest absolute Gasteiger partial charge is 0.0181 e. The molecule has 2 aliphatic heterocycles. The average molecular weight is 305 g/mol. The number of rotatable bonds is 1. The summed E-state index contributed by atoms with van der Waals surface area (Å²) in [5.41, 5.74) is 1.22. The molecule has 4 aliphatic rings. The zero-order valence-electron chi connectivity index (χ0n) is 14.5. The fraction of sp³-hybridized carbons (Fsp3) is 1.00. The van der Waals surface area contributed by atoms with Gasteiger partial charge < -0.3 is 10.6 Å². The van der Waals surface area contributed by atoms with Crippen LogP contribution in [0.25, 0.3) is 0 Å². The van der Waals surface area contributed by atoms with Gasteiger partial charge in [0.2, 0.25) is 0 Å². The molecule has 4 fully saturated rings. The topological polar surface area (TPSA) is 24.1 Å². The van der Waals surface area contributed by atoms with Gasteiger partial charge in [-0.05, 0) is 75.3 Å². The minimum Gasteiger partial charge on any atom is -0.316 e. The van der Waals surface area contributed by atoms with Gasteiger partial charge in [-0.2, -0.15) is 0 Å². The van der Waals surface area contributed by atoms with Crippen LogP contribution in [0.15, 0.2) is 0 Å². The lowest BCUT2D eigenvalue weighted by molar-refractivity contribution is 0.00104. The number of nitrogens with one attached hydrogen (secondary N) is 2. The molecule has 0 amide bonds. The van der Waals surface area contributed by atoms with E-state index in [9.17, 15) is 0 Å². The second-order valence-electron chi connectivity index (χ2n) is 9.02. The molecule has 2 heteroatoms. The van der Waals surface area contributed by atoms with Gasteiger partial charge in [0, 0.05) is 12.1 Å². The van der Waals surface area contributed by atoms with Crippen molar-refractivity contribution in [3.63, 3.8) is 0 Å². The average Bonchev–Trinajstić information content (AvgIpc) is 2.58. The Bertz CT molecular complexity index is 348.